The van der Waals surface area contributed by atoms with Crippen molar-refractivity contribution in [2.45, 2.75) is 0 Å². The van der Waals surface area contributed by atoms with Crippen molar-refractivity contribution >= 4 is 28.2 Å². The summed E-state index contributed by atoms with van der Waals surface area (Å²) in [5.74, 6) is 0. The first-order chi connectivity index (χ1) is 9.56. The van der Waals surface area contributed by atoms with Crippen molar-refractivity contribution in [3.05, 3.63) is 52.1 Å². The smallest absolute Gasteiger partial charge is 0.270 e. The first-order valence-corrected chi connectivity index (χ1v) is 6.16. The van der Waals surface area contributed by atoms with E-state index in [0.29, 0.717) is 5.69 Å². The van der Waals surface area contributed by atoms with E-state index in [0.717, 1.165) is 16.5 Å². The van der Waals surface area contributed by atoms with Crippen LogP contribution in [0.5, 0.6) is 0 Å². The van der Waals surface area contributed by atoms with E-state index in [4.69, 9.17) is 11.6 Å². The predicted octanol–water partition coefficient (Wildman–Crippen LogP) is 3.20. The molecular weight excluding hydrogens is 280 g/mol. The van der Waals surface area contributed by atoms with Crippen molar-refractivity contribution in [2.24, 2.45) is 7.05 Å². The Balaban J connectivity index is 2.30. The van der Waals surface area contributed by atoms with Crippen LogP contribution in [0.3, 0.4) is 0 Å². The third-order valence-corrected chi connectivity index (χ3v) is 3.27. The molecule has 0 aliphatic rings. The van der Waals surface area contributed by atoms with Crippen molar-refractivity contribution < 1.29 is 4.92 Å². The molecule has 0 bridgehead atoms. The molecule has 3 rings (SSSR count). The second-order valence-electron chi connectivity index (χ2n) is 4.32. The topological polar surface area (TPSA) is 73.8 Å². The minimum Gasteiger partial charge on any atom is -0.350 e. The third-order valence-electron chi connectivity index (χ3n) is 3.09. The highest BCUT2D eigenvalue weighted by Crippen LogP contribution is 2.31. The Morgan fingerprint density at radius 2 is 2.15 bits per heavy atom. The number of hydrogen-bond donors (Lipinski definition) is 0. The molecule has 0 radical (unpaired) electrons. The van der Waals surface area contributed by atoms with Gasteiger partial charge < -0.3 is 4.57 Å². The van der Waals surface area contributed by atoms with E-state index in [1.54, 1.807) is 24.4 Å². The summed E-state index contributed by atoms with van der Waals surface area (Å²) in [5.41, 5.74) is 2.36. The lowest BCUT2D eigenvalue weighted by Crippen LogP contribution is -1.88. The minimum absolute atomic E-state index is 0.0464. The molecular formula is C13H9ClN4O2. The molecule has 0 spiro atoms. The van der Waals surface area contributed by atoms with Crippen LogP contribution in [0.25, 0.3) is 22.2 Å². The molecule has 0 fully saturated rings. The summed E-state index contributed by atoms with van der Waals surface area (Å²) in [6, 6.07) is 6.47. The Hall–Kier alpha value is -2.47. The maximum absolute atomic E-state index is 10.9. The molecule has 7 heteroatoms. The molecule has 100 valence electrons. The highest BCUT2D eigenvalue weighted by Gasteiger charge is 2.14. The molecule has 0 saturated heterocycles. The molecule has 2 aromatic heterocycles. The summed E-state index contributed by atoms with van der Waals surface area (Å²) in [4.78, 5) is 18.5. The van der Waals surface area contributed by atoms with E-state index in [9.17, 15) is 10.1 Å². The van der Waals surface area contributed by atoms with E-state index < -0.39 is 4.92 Å². The first kappa shape index (κ1) is 12.6. The molecule has 20 heavy (non-hydrogen) atoms. The van der Waals surface area contributed by atoms with Crippen LogP contribution < -0.4 is 0 Å². The third kappa shape index (κ3) is 2.00. The lowest BCUT2D eigenvalue weighted by Gasteiger charge is -1.99. The second kappa shape index (κ2) is 4.57. The highest BCUT2D eigenvalue weighted by atomic mass is 35.5. The maximum atomic E-state index is 10.9. The summed E-state index contributed by atoms with van der Waals surface area (Å²) in [5, 5.41) is 11.8. The van der Waals surface area contributed by atoms with Gasteiger partial charge in [-0.1, -0.05) is 0 Å². The number of rotatable bonds is 2. The second-order valence-corrected chi connectivity index (χ2v) is 4.66. The average Bonchev–Trinajstić information content (AvgIpc) is 2.76. The number of non-ortho nitro benzene ring substituents is 1. The van der Waals surface area contributed by atoms with Crippen LogP contribution in [-0.2, 0) is 7.05 Å². The van der Waals surface area contributed by atoms with Gasteiger partial charge in [-0.15, -0.1) is 0 Å². The van der Waals surface area contributed by atoms with Crippen molar-refractivity contribution in [1.29, 1.82) is 0 Å². The van der Waals surface area contributed by atoms with Crippen molar-refractivity contribution in [3.63, 3.8) is 0 Å². The summed E-state index contributed by atoms with van der Waals surface area (Å²) < 4.78 is 1.89. The number of halogens is 1. The maximum Gasteiger partial charge on any atom is 0.270 e. The number of benzene rings is 1. The van der Waals surface area contributed by atoms with Gasteiger partial charge in [-0.25, -0.2) is 9.97 Å². The molecule has 0 unspecified atom stereocenters. The van der Waals surface area contributed by atoms with Gasteiger partial charge in [-0.2, -0.15) is 0 Å². The van der Waals surface area contributed by atoms with E-state index in [1.165, 1.54) is 6.07 Å². The number of nitrogens with zero attached hydrogens (tertiary/aromatic N) is 4. The van der Waals surface area contributed by atoms with Crippen LogP contribution in [0.2, 0.25) is 5.28 Å². The number of fused-ring (bicyclic) bond motifs is 1. The number of aromatic nitrogens is 3. The van der Waals surface area contributed by atoms with Gasteiger partial charge in [0.2, 0.25) is 5.28 Å². The summed E-state index contributed by atoms with van der Waals surface area (Å²) >= 11 is 5.80. The Bertz CT molecular complexity index is 828. The van der Waals surface area contributed by atoms with E-state index in [1.807, 2.05) is 17.8 Å². The Morgan fingerprint density at radius 1 is 1.35 bits per heavy atom. The fourth-order valence-corrected chi connectivity index (χ4v) is 2.33. The van der Waals surface area contributed by atoms with Crippen LogP contribution in [-0.4, -0.2) is 19.5 Å². The fourth-order valence-electron chi connectivity index (χ4n) is 2.18. The zero-order chi connectivity index (χ0) is 14.3. The predicted molar refractivity (Wildman–Crippen MR) is 75.6 cm³/mol. The Morgan fingerprint density at radius 3 is 2.85 bits per heavy atom. The Labute approximate surface area is 118 Å². The van der Waals surface area contributed by atoms with Crippen molar-refractivity contribution in [1.82, 2.24) is 14.5 Å². The SMILES string of the molecule is Cn1cc(-c2ccnc(Cl)n2)c2cc([N+](=O)[O-])ccc21. The van der Waals surface area contributed by atoms with Gasteiger partial charge in [0, 0.05) is 48.0 Å². The molecule has 0 aliphatic heterocycles. The largest absolute Gasteiger partial charge is 0.350 e. The average molecular weight is 289 g/mol. The molecule has 0 N–H and O–H groups in total. The van der Waals surface area contributed by atoms with Crippen molar-refractivity contribution in [2.75, 3.05) is 0 Å². The fraction of sp³-hybridized carbons (Fsp3) is 0.0769. The number of hydrogen-bond acceptors (Lipinski definition) is 4. The Kier molecular flexibility index (Phi) is 2.87. The number of nitro groups is 1. The van der Waals surface area contributed by atoms with Gasteiger partial charge in [0.25, 0.3) is 5.69 Å². The molecule has 0 aliphatic carbocycles. The van der Waals surface area contributed by atoms with Gasteiger partial charge >= 0.3 is 0 Å². The lowest BCUT2D eigenvalue weighted by molar-refractivity contribution is -0.384. The molecule has 0 amide bonds. The summed E-state index contributed by atoms with van der Waals surface area (Å²) in [6.45, 7) is 0. The van der Waals surface area contributed by atoms with Crippen LogP contribution >= 0.6 is 11.6 Å². The van der Waals surface area contributed by atoms with Crippen LogP contribution in [0.1, 0.15) is 0 Å². The molecule has 3 aromatic rings. The monoisotopic (exact) mass is 288 g/mol. The van der Waals surface area contributed by atoms with Crippen LogP contribution in [0.15, 0.2) is 36.7 Å². The first-order valence-electron chi connectivity index (χ1n) is 5.78. The van der Waals surface area contributed by atoms with Gasteiger partial charge in [0.1, 0.15) is 0 Å². The van der Waals surface area contributed by atoms with E-state index in [2.05, 4.69) is 9.97 Å². The van der Waals surface area contributed by atoms with Crippen LogP contribution in [0, 0.1) is 10.1 Å². The summed E-state index contributed by atoms with van der Waals surface area (Å²) in [6.07, 6.45) is 3.42. The quantitative estimate of drug-likeness (QED) is 0.412. The standard InChI is InChI=1S/C13H9ClN4O2/c1-17-7-10(11-4-5-15-13(14)16-11)9-6-8(18(19)20)2-3-12(9)17/h2-7H,1H3. The van der Waals surface area contributed by atoms with Gasteiger partial charge in [0.15, 0.2) is 0 Å². The molecule has 0 saturated carbocycles. The zero-order valence-electron chi connectivity index (χ0n) is 10.4. The zero-order valence-corrected chi connectivity index (χ0v) is 11.2. The minimum atomic E-state index is -0.414. The number of nitro benzene ring substituents is 1. The van der Waals surface area contributed by atoms with Gasteiger partial charge in [-0.3, -0.25) is 10.1 Å². The molecule has 6 nitrogen and oxygen atoms in total. The van der Waals surface area contributed by atoms with Gasteiger partial charge in [-0.05, 0) is 23.7 Å². The number of aryl methyl sites for hydroxylation is 1. The normalized spacial score (nSPS) is 10.9. The highest BCUT2D eigenvalue weighted by molar-refractivity contribution is 6.28. The molecule has 1 aromatic carbocycles. The molecule has 0 atom stereocenters. The van der Waals surface area contributed by atoms with Crippen molar-refractivity contribution in [3.8, 4) is 11.3 Å². The van der Waals surface area contributed by atoms with E-state index in [-0.39, 0.29) is 11.0 Å². The van der Waals surface area contributed by atoms with Crippen LogP contribution in [0.4, 0.5) is 5.69 Å². The lowest BCUT2D eigenvalue weighted by atomic mass is 10.1. The van der Waals surface area contributed by atoms with Gasteiger partial charge in [0.05, 0.1) is 10.6 Å². The summed E-state index contributed by atoms with van der Waals surface area (Å²) in [7, 11) is 1.88. The molecule has 2 heterocycles. The van der Waals surface area contributed by atoms with E-state index >= 15 is 0 Å².